The lowest BCUT2D eigenvalue weighted by atomic mass is 10.3. The molecule has 4 nitrogen and oxygen atoms in total. The Hall–Kier alpha value is -1.81. The number of methoxy groups -OCH3 is 1. The lowest BCUT2D eigenvalue weighted by Gasteiger charge is -2.11. The highest BCUT2D eigenvalue weighted by atomic mass is 35.5. The van der Waals surface area contributed by atoms with Crippen LogP contribution in [-0.2, 0) is 6.42 Å². The fourth-order valence-electron chi connectivity index (χ4n) is 1.75. The van der Waals surface area contributed by atoms with Gasteiger partial charge in [-0.05, 0) is 18.6 Å². The first-order valence-electron chi connectivity index (χ1n) is 6.16. The molecule has 1 aromatic carbocycles. The van der Waals surface area contributed by atoms with Crippen molar-refractivity contribution in [3.8, 4) is 5.75 Å². The Bertz CT molecular complexity index is 560. The number of hydrogen-bond donors (Lipinski definition) is 1. The Morgan fingerprint density at radius 3 is 2.79 bits per heavy atom. The molecule has 0 saturated carbocycles. The van der Waals surface area contributed by atoms with Crippen LogP contribution in [0.5, 0.6) is 5.75 Å². The molecule has 0 radical (unpaired) electrons. The number of benzene rings is 1. The first-order chi connectivity index (χ1) is 9.22. The maximum absolute atomic E-state index is 6.00. The van der Waals surface area contributed by atoms with Crippen LogP contribution in [0.25, 0.3) is 0 Å². The Morgan fingerprint density at radius 1 is 1.26 bits per heavy atom. The monoisotopic (exact) mass is 277 g/mol. The first-order valence-corrected chi connectivity index (χ1v) is 6.54. The minimum absolute atomic E-state index is 0.441. The molecule has 0 aliphatic heterocycles. The van der Waals surface area contributed by atoms with Gasteiger partial charge in [0.25, 0.3) is 0 Å². The molecule has 0 aliphatic carbocycles. The lowest BCUT2D eigenvalue weighted by molar-refractivity contribution is 0.417. The van der Waals surface area contributed by atoms with Crippen LogP contribution in [-0.4, -0.2) is 17.1 Å². The third-order valence-corrected chi connectivity index (χ3v) is 2.78. The molecule has 0 bridgehead atoms. The van der Waals surface area contributed by atoms with Gasteiger partial charge < -0.3 is 10.1 Å². The van der Waals surface area contributed by atoms with Crippen molar-refractivity contribution < 1.29 is 4.74 Å². The molecular weight excluding hydrogens is 262 g/mol. The minimum atomic E-state index is 0.441. The van der Waals surface area contributed by atoms with Gasteiger partial charge in [0, 0.05) is 12.5 Å². The number of hydrogen-bond acceptors (Lipinski definition) is 4. The van der Waals surface area contributed by atoms with Gasteiger partial charge in [0.05, 0.1) is 12.8 Å². The van der Waals surface area contributed by atoms with E-state index in [9.17, 15) is 0 Å². The highest BCUT2D eigenvalue weighted by molar-refractivity contribution is 6.29. The van der Waals surface area contributed by atoms with Gasteiger partial charge >= 0.3 is 0 Å². The Morgan fingerprint density at radius 2 is 2.05 bits per heavy atom. The molecule has 0 spiro atoms. The molecule has 0 fully saturated rings. The zero-order valence-electron chi connectivity index (χ0n) is 11.0. The largest absolute Gasteiger partial charge is 0.495 e. The molecule has 1 aromatic heterocycles. The van der Waals surface area contributed by atoms with E-state index in [1.807, 2.05) is 24.3 Å². The maximum atomic E-state index is 6.00. The predicted molar refractivity (Wildman–Crippen MR) is 77.3 cm³/mol. The van der Waals surface area contributed by atoms with E-state index in [1.54, 1.807) is 13.2 Å². The first kappa shape index (κ1) is 13.6. The van der Waals surface area contributed by atoms with Gasteiger partial charge in [-0.15, -0.1) is 0 Å². The zero-order valence-corrected chi connectivity index (χ0v) is 11.7. The second kappa shape index (κ2) is 6.38. The number of rotatable bonds is 5. The maximum Gasteiger partial charge on any atom is 0.142 e. The zero-order chi connectivity index (χ0) is 13.7. The summed E-state index contributed by atoms with van der Waals surface area (Å²) in [6, 6.07) is 9.36. The summed E-state index contributed by atoms with van der Waals surface area (Å²) in [7, 11) is 1.63. The highest BCUT2D eigenvalue weighted by Gasteiger charge is 2.06. The normalized spacial score (nSPS) is 10.3. The predicted octanol–water partition coefficient (Wildman–Crippen LogP) is 3.83. The average Bonchev–Trinajstić information content (AvgIpc) is 2.39. The molecule has 100 valence electrons. The van der Waals surface area contributed by atoms with Crippen molar-refractivity contribution in [2.75, 3.05) is 12.4 Å². The summed E-state index contributed by atoms with van der Waals surface area (Å²) in [6.45, 7) is 2.08. The van der Waals surface area contributed by atoms with Gasteiger partial charge in [-0.1, -0.05) is 30.7 Å². The number of nitrogens with one attached hydrogen (secondary N) is 1. The topological polar surface area (TPSA) is 47.0 Å². The summed E-state index contributed by atoms with van der Waals surface area (Å²) in [5, 5.41) is 3.64. The van der Waals surface area contributed by atoms with Crippen molar-refractivity contribution in [2.24, 2.45) is 0 Å². The standard InChI is InChI=1S/C14H16ClN3O/c1-3-6-13-17-12(15)9-14(18-13)16-10-7-4-5-8-11(10)19-2/h4-5,7-9H,3,6H2,1-2H3,(H,16,17,18). The number of aromatic nitrogens is 2. The smallest absolute Gasteiger partial charge is 0.142 e. The van der Waals surface area contributed by atoms with Crippen molar-refractivity contribution in [2.45, 2.75) is 19.8 Å². The van der Waals surface area contributed by atoms with E-state index in [0.717, 1.165) is 30.1 Å². The number of aryl methyl sites for hydroxylation is 1. The highest BCUT2D eigenvalue weighted by Crippen LogP contribution is 2.26. The van der Waals surface area contributed by atoms with E-state index in [2.05, 4.69) is 22.2 Å². The molecule has 2 aromatic rings. The number of anilines is 2. The van der Waals surface area contributed by atoms with Gasteiger partial charge in [-0.2, -0.15) is 0 Å². The summed E-state index contributed by atoms with van der Waals surface area (Å²) in [4.78, 5) is 8.62. The fraction of sp³-hybridized carbons (Fsp3) is 0.286. The van der Waals surface area contributed by atoms with Crippen LogP contribution in [0.1, 0.15) is 19.2 Å². The van der Waals surface area contributed by atoms with Gasteiger partial charge in [-0.3, -0.25) is 0 Å². The Labute approximate surface area is 117 Å². The summed E-state index contributed by atoms with van der Waals surface area (Å²) in [5.41, 5.74) is 0.849. The van der Waals surface area contributed by atoms with E-state index in [4.69, 9.17) is 16.3 Å². The van der Waals surface area contributed by atoms with Crippen LogP contribution in [0, 0.1) is 0 Å². The van der Waals surface area contributed by atoms with E-state index >= 15 is 0 Å². The van der Waals surface area contributed by atoms with Crippen LogP contribution in [0.2, 0.25) is 5.15 Å². The van der Waals surface area contributed by atoms with E-state index < -0.39 is 0 Å². The Balaban J connectivity index is 2.27. The molecule has 0 saturated heterocycles. The number of nitrogens with zero attached hydrogens (tertiary/aromatic N) is 2. The van der Waals surface area contributed by atoms with Crippen LogP contribution in [0.4, 0.5) is 11.5 Å². The summed E-state index contributed by atoms with van der Waals surface area (Å²) < 4.78 is 5.29. The van der Waals surface area contributed by atoms with Crippen molar-refractivity contribution in [3.63, 3.8) is 0 Å². The Kier molecular flexibility index (Phi) is 4.58. The van der Waals surface area contributed by atoms with Crippen LogP contribution >= 0.6 is 11.6 Å². The average molecular weight is 278 g/mol. The number of ether oxygens (including phenoxy) is 1. The van der Waals surface area contributed by atoms with Crippen molar-refractivity contribution in [3.05, 3.63) is 41.3 Å². The second-order valence-electron chi connectivity index (χ2n) is 4.07. The van der Waals surface area contributed by atoms with Gasteiger partial charge in [0.1, 0.15) is 22.5 Å². The fourth-order valence-corrected chi connectivity index (χ4v) is 1.95. The molecule has 0 amide bonds. The van der Waals surface area contributed by atoms with Crippen molar-refractivity contribution in [1.82, 2.24) is 9.97 Å². The third kappa shape index (κ3) is 3.58. The number of para-hydroxylation sites is 2. The molecule has 2 rings (SSSR count). The van der Waals surface area contributed by atoms with E-state index in [0.29, 0.717) is 11.0 Å². The lowest BCUT2D eigenvalue weighted by Crippen LogP contribution is -2.01. The molecule has 0 atom stereocenters. The molecule has 0 unspecified atom stereocenters. The van der Waals surface area contributed by atoms with Crippen LogP contribution in [0.3, 0.4) is 0 Å². The molecular formula is C14H16ClN3O. The molecule has 0 aliphatic rings. The van der Waals surface area contributed by atoms with Gasteiger partial charge in [0.2, 0.25) is 0 Å². The molecule has 1 heterocycles. The van der Waals surface area contributed by atoms with Crippen LogP contribution in [0.15, 0.2) is 30.3 Å². The molecule has 5 heteroatoms. The summed E-state index contributed by atoms with van der Waals surface area (Å²) >= 11 is 6.00. The second-order valence-corrected chi connectivity index (χ2v) is 4.45. The quantitative estimate of drug-likeness (QED) is 0.844. The molecule has 19 heavy (non-hydrogen) atoms. The van der Waals surface area contributed by atoms with Gasteiger partial charge in [-0.25, -0.2) is 9.97 Å². The van der Waals surface area contributed by atoms with Gasteiger partial charge in [0.15, 0.2) is 0 Å². The van der Waals surface area contributed by atoms with Crippen molar-refractivity contribution in [1.29, 1.82) is 0 Å². The van der Waals surface area contributed by atoms with E-state index in [1.165, 1.54) is 0 Å². The van der Waals surface area contributed by atoms with E-state index in [-0.39, 0.29) is 0 Å². The minimum Gasteiger partial charge on any atom is -0.495 e. The van der Waals surface area contributed by atoms with Crippen molar-refractivity contribution >= 4 is 23.1 Å². The molecule has 1 N–H and O–H groups in total. The number of halogens is 1. The summed E-state index contributed by atoms with van der Waals surface area (Å²) in [6.07, 6.45) is 1.79. The SMILES string of the molecule is CCCc1nc(Cl)cc(Nc2ccccc2OC)n1. The van der Waals surface area contributed by atoms with Crippen LogP contribution < -0.4 is 10.1 Å². The summed E-state index contributed by atoms with van der Waals surface area (Å²) in [5.74, 6) is 2.18. The third-order valence-electron chi connectivity index (χ3n) is 2.58.